The normalized spacial score (nSPS) is 10.5. The SMILES string of the molecule is CCOC(=O)Cc1csc(NC(=O)CSc2ccc(-c3ccccc3)cc2)n1. The van der Waals surface area contributed by atoms with Crippen molar-refractivity contribution in [1.82, 2.24) is 4.98 Å². The number of thiazole rings is 1. The molecule has 144 valence electrons. The van der Waals surface area contributed by atoms with Crippen molar-refractivity contribution >= 4 is 40.1 Å². The lowest BCUT2D eigenvalue weighted by Gasteiger charge is -2.05. The van der Waals surface area contributed by atoms with Gasteiger partial charge in [0.1, 0.15) is 0 Å². The summed E-state index contributed by atoms with van der Waals surface area (Å²) in [6.45, 7) is 2.10. The highest BCUT2D eigenvalue weighted by atomic mass is 32.2. The number of carbonyl (C=O) groups is 2. The Morgan fingerprint density at radius 1 is 1.07 bits per heavy atom. The Hall–Kier alpha value is -2.64. The summed E-state index contributed by atoms with van der Waals surface area (Å²) in [7, 11) is 0. The van der Waals surface area contributed by atoms with E-state index in [1.807, 2.05) is 30.3 Å². The van der Waals surface area contributed by atoms with Gasteiger partial charge in [-0.3, -0.25) is 9.59 Å². The zero-order valence-electron chi connectivity index (χ0n) is 15.4. The topological polar surface area (TPSA) is 68.3 Å². The second kappa shape index (κ2) is 10.1. The first-order chi connectivity index (χ1) is 13.6. The predicted octanol–water partition coefficient (Wildman–Crippen LogP) is 4.65. The molecule has 0 aliphatic rings. The van der Waals surface area contributed by atoms with Gasteiger partial charge in [-0.2, -0.15) is 0 Å². The third kappa shape index (κ3) is 5.94. The number of aromatic nitrogens is 1. The largest absolute Gasteiger partial charge is 0.466 e. The number of nitrogens with one attached hydrogen (secondary N) is 1. The molecule has 0 unspecified atom stereocenters. The third-order valence-corrected chi connectivity index (χ3v) is 5.58. The summed E-state index contributed by atoms with van der Waals surface area (Å²) in [5.41, 5.74) is 2.91. The maximum Gasteiger partial charge on any atom is 0.311 e. The number of thioether (sulfide) groups is 1. The zero-order valence-corrected chi connectivity index (χ0v) is 17.0. The molecule has 0 atom stereocenters. The molecule has 3 aromatic rings. The van der Waals surface area contributed by atoms with Crippen molar-refractivity contribution in [2.45, 2.75) is 18.2 Å². The Morgan fingerprint density at radius 3 is 2.50 bits per heavy atom. The maximum atomic E-state index is 12.2. The van der Waals surface area contributed by atoms with Crippen molar-refractivity contribution < 1.29 is 14.3 Å². The van der Waals surface area contributed by atoms with Gasteiger partial charge in [-0.25, -0.2) is 4.98 Å². The highest BCUT2D eigenvalue weighted by molar-refractivity contribution is 8.00. The van der Waals surface area contributed by atoms with E-state index in [4.69, 9.17) is 4.74 Å². The van der Waals surface area contributed by atoms with Crippen molar-refractivity contribution in [2.24, 2.45) is 0 Å². The van der Waals surface area contributed by atoms with E-state index in [-0.39, 0.29) is 24.1 Å². The van der Waals surface area contributed by atoms with Gasteiger partial charge in [-0.05, 0) is 30.2 Å². The van der Waals surface area contributed by atoms with Crippen molar-refractivity contribution in [1.29, 1.82) is 0 Å². The van der Waals surface area contributed by atoms with E-state index in [0.29, 0.717) is 17.4 Å². The van der Waals surface area contributed by atoms with E-state index in [2.05, 4.69) is 34.6 Å². The minimum absolute atomic E-state index is 0.114. The quantitative estimate of drug-likeness (QED) is 0.431. The Balaban J connectivity index is 1.48. The molecule has 0 bridgehead atoms. The van der Waals surface area contributed by atoms with Crippen LogP contribution in [0.15, 0.2) is 64.9 Å². The Labute approximate surface area is 172 Å². The lowest BCUT2D eigenvalue weighted by Crippen LogP contribution is -2.14. The van der Waals surface area contributed by atoms with Crippen LogP contribution in [0.1, 0.15) is 12.6 Å². The molecule has 1 heterocycles. The molecule has 2 aromatic carbocycles. The van der Waals surface area contributed by atoms with Crippen molar-refractivity contribution in [2.75, 3.05) is 17.7 Å². The van der Waals surface area contributed by atoms with Gasteiger partial charge >= 0.3 is 5.97 Å². The second-order valence-corrected chi connectivity index (χ2v) is 7.76. The summed E-state index contributed by atoms with van der Waals surface area (Å²) < 4.78 is 4.90. The molecular formula is C21H20N2O3S2. The average molecular weight is 413 g/mol. The lowest BCUT2D eigenvalue weighted by molar-refractivity contribution is -0.142. The van der Waals surface area contributed by atoms with Crippen LogP contribution in [0, 0.1) is 0 Å². The molecule has 5 nitrogen and oxygen atoms in total. The molecule has 0 spiro atoms. The first-order valence-electron chi connectivity index (χ1n) is 8.82. The molecule has 3 rings (SSSR count). The average Bonchev–Trinajstić information content (AvgIpc) is 3.14. The highest BCUT2D eigenvalue weighted by Gasteiger charge is 2.11. The molecule has 1 aromatic heterocycles. The number of hydrogen-bond acceptors (Lipinski definition) is 6. The number of amides is 1. The summed E-state index contributed by atoms with van der Waals surface area (Å²) in [6, 6.07) is 18.3. The standard InChI is InChI=1S/C21H20N2O3S2/c1-2-26-20(25)12-17-13-28-21(22-17)23-19(24)14-27-18-10-8-16(9-11-18)15-6-4-3-5-7-15/h3-11,13H,2,12,14H2,1H3,(H,22,23,24). The van der Waals surface area contributed by atoms with E-state index in [9.17, 15) is 9.59 Å². The van der Waals surface area contributed by atoms with Crippen molar-refractivity contribution in [3.63, 3.8) is 0 Å². The van der Waals surface area contributed by atoms with Crippen LogP contribution in [0.25, 0.3) is 11.1 Å². The van der Waals surface area contributed by atoms with Gasteiger partial charge in [0, 0.05) is 10.3 Å². The van der Waals surface area contributed by atoms with Crippen LogP contribution in [0.4, 0.5) is 5.13 Å². The van der Waals surface area contributed by atoms with Gasteiger partial charge in [0.15, 0.2) is 5.13 Å². The Morgan fingerprint density at radius 2 is 1.79 bits per heavy atom. The van der Waals surface area contributed by atoms with Crippen LogP contribution in [-0.4, -0.2) is 29.2 Å². The lowest BCUT2D eigenvalue weighted by atomic mass is 10.1. The van der Waals surface area contributed by atoms with Gasteiger partial charge in [0.2, 0.25) is 5.91 Å². The number of hydrogen-bond donors (Lipinski definition) is 1. The fraction of sp³-hybridized carbons (Fsp3) is 0.190. The monoisotopic (exact) mass is 412 g/mol. The van der Waals surface area contributed by atoms with Gasteiger partial charge in [0.05, 0.1) is 24.5 Å². The molecule has 0 saturated heterocycles. The summed E-state index contributed by atoms with van der Waals surface area (Å²) in [6.07, 6.45) is 0.114. The van der Waals surface area contributed by atoms with Crippen molar-refractivity contribution in [3.05, 3.63) is 65.7 Å². The van der Waals surface area contributed by atoms with E-state index >= 15 is 0 Å². The maximum absolute atomic E-state index is 12.2. The van der Waals surface area contributed by atoms with Gasteiger partial charge in [-0.15, -0.1) is 23.1 Å². The molecule has 0 fully saturated rings. The van der Waals surface area contributed by atoms with Crippen LogP contribution < -0.4 is 5.32 Å². The van der Waals surface area contributed by atoms with E-state index in [1.54, 1.807) is 12.3 Å². The number of rotatable bonds is 8. The minimum atomic E-state index is -0.319. The van der Waals surface area contributed by atoms with Crippen LogP contribution in [-0.2, 0) is 20.7 Å². The molecule has 0 radical (unpaired) electrons. The van der Waals surface area contributed by atoms with Crippen LogP contribution >= 0.6 is 23.1 Å². The second-order valence-electron chi connectivity index (χ2n) is 5.85. The molecular weight excluding hydrogens is 392 g/mol. The Bertz CT molecular complexity index is 924. The van der Waals surface area contributed by atoms with Gasteiger partial charge in [0.25, 0.3) is 0 Å². The smallest absolute Gasteiger partial charge is 0.311 e. The summed E-state index contributed by atoms with van der Waals surface area (Å²) in [5.74, 6) is -0.161. The summed E-state index contributed by atoms with van der Waals surface area (Å²) in [5, 5.41) is 5.01. The van der Waals surface area contributed by atoms with Crippen LogP contribution in [0.3, 0.4) is 0 Å². The number of esters is 1. The van der Waals surface area contributed by atoms with E-state index in [1.165, 1.54) is 28.7 Å². The summed E-state index contributed by atoms with van der Waals surface area (Å²) >= 11 is 2.77. The molecule has 28 heavy (non-hydrogen) atoms. The number of anilines is 1. The molecule has 1 N–H and O–H groups in total. The fourth-order valence-electron chi connectivity index (χ4n) is 2.48. The third-order valence-electron chi connectivity index (χ3n) is 3.76. The van der Waals surface area contributed by atoms with E-state index < -0.39 is 0 Å². The first-order valence-corrected chi connectivity index (χ1v) is 10.7. The van der Waals surface area contributed by atoms with Gasteiger partial charge in [-0.1, -0.05) is 42.5 Å². The molecule has 1 amide bonds. The molecule has 7 heteroatoms. The molecule has 0 aliphatic carbocycles. The fourth-order valence-corrected chi connectivity index (χ4v) is 3.91. The molecule has 0 saturated carbocycles. The number of ether oxygens (including phenoxy) is 1. The predicted molar refractivity (Wildman–Crippen MR) is 114 cm³/mol. The van der Waals surface area contributed by atoms with Crippen molar-refractivity contribution in [3.8, 4) is 11.1 Å². The first kappa shape index (κ1) is 20.1. The highest BCUT2D eigenvalue weighted by Crippen LogP contribution is 2.24. The van der Waals surface area contributed by atoms with E-state index in [0.717, 1.165) is 10.5 Å². The zero-order chi connectivity index (χ0) is 19.8. The van der Waals surface area contributed by atoms with Gasteiger partial charge < -0.3 is 10.1 Å². The minimum Gasteiger partial charge on any atom is -0.466 e. The van der Waals surface area contributed by atoms with Crippen LogP contribution in [0.2, 0.25) is 0 Å². The number of carbonyl (C=O) groups excluding carboxylic acids is 2. The van der Waals surface area contributed by atoms with Crippen LogP contribution in [0.5, 0.6) is 0 Å². The summed E-state index contributed by atoms with van der Waals surface area (Å²) in [4.78, 5) is 28.9. The number of nitrogens with zero attached hydrogens (tertiary/aromatic N) is 1. The molecule has 0 aliphatic heterocycles. The Kier molecular flexibility index (Phi) is 7.22. The number of benzene rings is 2.